The van der Waals surface area contributed by atoms with Gasteiger partial charge in [-0.25, -0.2) is 0 Å². The Balaban J connectivity index is 2.57. The van der Waals surface area contributed by atoms with Crippen LogP contribution >= 0.6 is 22.6 Å². The first kappa shape index (κ1) is 11.6. The van der Waals surface area contributed by atoms with Crippen LogP contribution in [0.25, 0.3) is 0 Å². The van der Waals surface area contributed by atoms with Gasteiger partial charge in [-0.1, -0.05) is 29.5 Å². The van der Waals surface area contributed by atoms with Gasteiger partial charge in [-0.15, -0.1) is 0 Å². The second-order valence-electron chi connectivity index (χ2n) is 3.40. The zero-order chi connectivity index (χ0) is 10.1. The van der Waals surface area contributed by atoms with Crippen molar-refractivity contribution in [3.63, 3.8) is 0 Å². The van der Waals surface area contributed by atoms with E-state index < -0.39 is 9.60 Å². The van der Waals surface area contributed by atoms with Crippen LogP contribution in [0.4, 0.5) is 13.2 Å². The highest BCUT2D eigenvalue weighted by molar-refractivity contribution is 14.1. The van der Waals surface area contributed by atoms with Gasteiger partial charge in [0.15, 0.2) is 0 Å². The normalized spacial score (nSPS) is 24.7. The standard InChI is InChI=1S/C8H13F3IN/c1-2-13-5-3-7(12,4-6-13)8(9,10)11/h2-6H2,1H3. The first-order valence-corrected chi connectivity index (χ1v) is 5.45. The minimum absolute atomic E-state index is 0.227. The highest BCUT2D eigenvalue weighted by Gasteiger charge is 2.53. The molecule has 1 fully saturated rings. The van der Waals surface area contributed by atoms with Crippen LogP contribution in [0.5, 0.6) is 0 Å². The van der Waals surface area contributed by atoms with E-state index in [4.69, 9.17) is 0 Å². The summed E-state index contributed by atoms with van der Waals surface area (Å²) in [7, 11) is 0. The molecule has 0 N–H and O–H groups in total. The number of alkyl halides is 4. The van der Waals surface area contributed by atoms with E-state index in [0.29, 0.717) is 13.1 Å². The number of rotatable bonds is 1. The van der Waals surface area contributed by atoms with E-state index in [1.165, 1.54) is 0 Å². The first-order valence-electron chi connectivity index (χ1n) is 4.37. The van der Waals surface area contributed by atoms with Gasteiger partial charge in [0.05, 0.1) is 0 Å². The van der Waals surface area contributed by atoms with Crippen molar-refractivity contribution in [1.29, 1.82) is 0 Å². The van der Waals surface area contributed by atoms with Gasteiger partial charge >= 0.3 is 6.18 Å². The van der Waals surface area contributed by atoms with Crippen molar-refractivity contribution >= 4 is 22.6 Å². The van der Waals surface area contributed by atoms with E-state index in [0.717, 1.165) is 6.54 Å². The molecule has 1 nitrogen and oxygen atoms in total. The first-order chi connectivity index (χ1) is 5.89. The zero-order valence-electron chi connectivity index (χ0n) is 7.49. The molecule has 0 atom stereocenters. The van der Waals surface area contributed by atoms with Crippen molar-refractivity contribution in [2.45, 2.75) is 29.4 Å². The van der Waals surface area contributed by atoms with E-state index in [1.54, 1.807) is 22.6 Å². The Morgan fingerprint density at radius 1 is 1.31 bits per heavy atom. The van der Waals surface area contributed by atoms with E-state index in [9.17, 15) is 13.2 Å². The Bertz CT molecular complexity index is 173. The Morgan fingerprint density at radius 3 is 2.08 bits per heavy atom. The van der Waals surface area contributed by atoms with Crippen LogP contribution in [-0.2, 0) is 0 Å². The monoisotopic (exact) mass is 307 g/mol. The Morgan fingerprint density at radius 2 is 1.77 bits per heavy atom. The van der Waals surface area contributed by atoms with Crippen molar-refractivity contribution < 1.29 is 13.2 Å². The van der Waals surface area contributed by atoms with Crippen molar-refractivity contribution in [3.05, 3.63) is 0 Å². The SMILES string of the molecule is CCN1CCC(I)(C(F)(F)F)CC1. The van der Waals surface area contributed by atoms with Crippen LogP contribution < -0.4 is 0 Å². The summed E-state index contributed by atoms with van der Waals surface area (Å²) in [6.45, 7) is 3.97. The fraction of sp³-hybridized carbons (Fsp3) is 1.00. The van der Waals surface area contributed by atoms with Crippen molar-refractivity contribution in [3.8, 4) is 0 Å². The fourth-order valence-electron chi connectivity index (χ4n) is 1.51. The minimum atomic E-state index is -4.05. The largest absolute Gasteiger partial charge is 0.403 e. The molecule has 1 heterocycles. The number of piperidine rings is 1. The van der Waals surface area contributed by atoms with Crippen LogP contribution in [0.2, 0.25) is 0 Å². The van der Waals surface area contributed by atoms with Gasteiger partial charge in [-0.05, 0) is 32.5 Å². The molecule has 0 aromatic heterocycles. The minimum Gasteiger partial charge on any atom is -0.304 e. The fourth-order valence-corrected chi connectivity index (χ4v) is 1.99. The summed E-state index contributed by atoms with van der Waals surface area (Å²) in [6.07, 6.45) is -3.59. The maximum atomic E-state index is 12.5. The van der Waals surface area contributed by atoms with Gasteiger partial charge < -0.3 is 4.90 Å². The quantitative estimate of drug-likeness (QED) is 0.532. The number of hydrogen-bond acceptors (Lipinski definition) is 1. The molecule has 0 aromatic rings. The molecule has 0 saturated carbocycles. The smallest absolute Gasteiger partial charge is 0.304 e. The van der Waals surface area contributed by atoms with E-state index in [1.807, 2.05) is 6.92 Å². The second-order valence-corrected chi connectivity index (χ2v) is 5.46. The average Bonchev–Trinajstić information content (AvgIpc) is 2.04. The van der Waals surface area contributed by atoms with Crippen LogP contribution in [0, 0.1) is 0 Å². The van der Waals surface area contributed by atoms with Gasteiger partial charge in [-0.2, -0.15) is 13.2 Å². The molecule has 1 aliphatic rings. The summed E-state index contributed by atoms with van der Waals surface area (Å²) < 4.78 is 36.1. The van der Waals surface area contributed by atoms with Crippen LogP contribution in [0.3, 0.4) is 0 Å². The number of nitrogens with zero attached hydrogens (tertiary/aromatic N) is 1. The van der Waals surface area contributed by atoms with Gasteiger partial charge in [0.1, 0.15) is 3.42 Å². The van der Waals surface area contributed by atoms with Crippen LogP contribution in [0.1, 0.15) is 19.8 Å². The van der Waals surface area contributed by atoms with Gasteiger partial charge in [0.2, 0.25) is 0 Å². The summed E-state index contributed by atoms with van der Waals surface area (Å²) >= 11 is 1.57. The van der Waals surface area contributed by atoms with Gasteiger partial charge in [-0.3, -0.25) is 0 Å². The zero-order valence-corrected chi connectivity index (χ0v) is 9.65. The number of hydrogen-bond donors (Lipinski definition) is 0. The molecule has 0 unspecified atom stereocenters. The van der Waals surface area contributed by atoms with Gasteiger partial charge in [0.25, 0.3) is 0 Å². The van der Waals surface area contributed by atoms with Crippen molar-refractivity contribution in [2.75, 3.05) is 19.6 Å². The summed E-state index contributed by atoms with van der Waals surface area (Å²) in [5.41, 5.74) is 0. The lowest BCUT2D eigenvalue weighted by atomic mass is 9.96. The van der Waals surface area contributed by atoms with E-state index in [2.05, 4.69) is 4.90 Å². The molecular formula is C8H13F3IN. The lowest BCUT2D eigenvalue weighted by molar-refractivity contribution is -0.163. The van der Waals surface area contributed by atoms with Crippen LogP contribution in [0.15, 0.2) is 0 Å². The summed E-state index contributed by atoms with van der Waals surface area (Å²) in [4.78, 5) is 2.06. The molecule has 78 valence electrons. The lowest BCUT2D eigenvalue weighted by Crippen LogP contribution is -2.48. The maximum absolute atomic E-state index is 12.5. The Labute approximate surface area is 89.8 Å². The molecule has 13 heavy (non-hydrogen) atoms. The summed E-state index contributed by atoms with van der Waals surface area (Å²) in [6, 6.07) is 0. The number of halogens is 4. The summed E-state index contributed by atoms with van der Waals surface area (Å²) in [5, 5.41) is 0. The third-order valence-electron chi connectivity index (χ3n) is 2.60. The topological polar surface area (TPSA) is 3.24 Å². The van der Waals surface area contributed by atoms with E-state index >= 15 is 0 Å². The van der Waals surface area contributed by atoms with Crippen LogP contribution in [-0.4, -0.2) is 34.1 Å². The maximum Gasteiger partial charge on any atom is 0.403 e. The molecule has 5 heteroatoms. The molecule has 0 spiro atoms. The molecule has 1 aliphatic heterocycles. The second kappa shape index (κ2) is 3.92. The third-order valence-corrected chi connectivity index (χ3v) is 4.29. The molecule has 0 bridgehead atoms. The molecule has 1 saturated heterocycles. The average molecular weight is 307 g/mol. The molecule has 0 amide bonds. The number of likely N-dealkylation sites (tertiary alicyclic amines) is 1. The van der Waals surface area contributed by atoms with E-state index in [-0.39, 0.29) is 12.8 Å². The molecule has 0 aromatic carbocycles. The highest BCUT2D eigenvalue weighted by atomic mass is 127. The molecule has 0 aliphatic carbocycles. The van der Waals surface area contributed by atoms with Gasteiger partial charge in [0, 0.05) is 0 Å². The Hall–Kier alpha value is 0.480. The lowest BCUT2D eigenvalue weighted by Gasteiger charge is -2.38. The predicted molar refractivity (Wildman–Crippen MR) is 54.2 cm³/mol. The third kappa shape index (κ3) is 2.49. The van der Waals surface area contributed by atoms with Crippen molar-refractivity contribution in [1.82, 2.24) is 4.90 Å². The predicted octanol–water partition coefficient (Wildman–Crippen LogP) is 2.84. The molecule has 1 rings (SSSR count). The Kier molecular flexibility index (Phi) is 3.49. The molecular weight excluding hydrogens is 294 g/mol. The van der Waals surface area contributed by atoms with Crippen molar-refractivity contribution in [2.24, 2.45) is 0 Å². The summed E-state index contributed by atoms with van der Waals surface area (Å²) in [5.74, 6) is 0. The molecule has 0 radical (unpaired) electrons. The highest BCUT2D eigenvalue weighted by Crippen LogP contribution is 2.45.